The Morgan fingerprint density at radius 1 is 1.17 bits per heavy atom. The topological polar surface area (TPSA) is 86.6 Å². The number of H-pyrrole nitrogens is 1. The van der Waals surface area contributed by atoms with E-state index in [1.807, 2.05) is 6.07 Å². The van der Waals surface area contributed by atoms with Crippen molar-refractivity contribution >= 4 is 16.7 Å². The number of aromatic amines is 1. The smallest absolute Gasteiger partial charge is 0.258 e. The fourth-order valence-electron chi connectivity index (χ4n) is 2.27. The summed E-state index contributed by atoms with van der Waals surface area (Å²) < 4.78 is 12.9. The Labute approximate surface area is 130 Å². The zero-order valence-electron chi connectivity index (χ0n) is 11.8. The number of carbonyl (C=O) groups is 1. The molecular formula is C17H10FN3O2. The monoisotopic (exact) mass is 307 g/mol. The average molecular weight is 307 g/mol. The SMILES string of the molecule is N#CC(C(=O)c1ccc(F)cc1)c1nc2ccccc2c(=O)[nH]1. The predicted molar refractivity (Wildman–Crippen MR) is 81.4 cm³/mol. The summed E-state index contributed by atoms with van der Waals surface area (Å²) >= 11 is 0. The van der Waals surface area contributed by atoms with Crippen LogP contribution in [-0.4, -0.2) is 15.8 Å². The molecule has 0 spiro atoms. The number of Topliss-reactive ketones (excluding diaryl/α,β-unsaturated/α-hetero) is 1. The molecule has 6 heteroatoms. The summed E-state index contributed by atoms with van der Waals surface area (Å²) in [5, 5.41) is 9.70. The molecule has 112 valence electrons. The van der Waals surface area contributed by atoms with Gasteiger partial charge in [0.25, 0.3) is 5.56 Å². The van der Waals surface area contributed by atoms with Crippen LogP contribution in [0.1, 0.15) is 22.1 Å². The number of nitrogens with one attached hydrogen (secondary N) is 1. The minimum absolute atomic E-state index is 0.0227. The van der Waals surface area contributed by atoms with Crippen molar-refractivity contribution < 1.29 is 9.18 Å². The Morgan fingerprint density at radius 2 is 1.87 bits per heavy atom. The van der Waals surface area contributed by atoms with Gasteiger partial charge in [0, 0.05) is 5.56 Å². The first kappa shape index (κ1) is 14.6. The summed E-state index contributed by atoms with van der Waals surface area (Å²) in [6, 6.07) is 13.4. The van der Waals surface area contributed by atoms with E-state index in [-0.39, 0.29) is 11.4 Å². The van der Waals surface area contributed by atoms with Gasteiger partial charge in [0.05, 0.1) is 17.0 Å². The number of carbonyl (C=O) groups excluding carboxylic acids is 1. The van der Waals surface area contributed by atoms with Gasteiger partial charge in [-0.15, -0.1) is 0 Å². The molecule has 3 rings (SSSR count). The van der Waals surface area contributed by atoms with Gasteiger partial charge in [-0.3, -0.25) is 9.59 Å². The number of hydrogen-bond acceptors (Lipinski definition) is 4. The maximum atomic E-state index is 12.9. The Balaban J connectivity index is 2.08. The molecule has 1 atom stereocenters. The highest BCUT2D eigenvalue weighted by molar-refractivity contribution is 6.02. The van der Waals surface area contributed by atoms with Crippen molar-refractivity contribution in [1.82, 2.24) is 9.97 Å². The van der Waals surface area contributed by atoms with E-state index in [4.69, 9.17) is 0 Å². The molecule has 0 amide bonds. The van der Waals surface area contributed by atoms with Crippen LogP contribution in [0.2, 0.25) is 0 Å². The molecule has 0 aliphatic rings. The molecular weight excluding hydrogens is 297 g/mol. The van der Waals surface area contributed by atoms with Crippen molar-refractivity contribution in [3.8, 4) is 6.07 Å². The summed E-state index contributed by atoms with van der Waals surface area (Å²) in [4.78, 5) is 31.2. The quantitative estimate of drug-likeness (QED) is 0.753. The average Bonchev–Trinajstić information content (AvgIpc) is 2.56. The Kier molecular flexibility index (Phi) is 3.69. The minimum atomic E-state index is -1.27. The Hall–Kier alpha value is -3.33. The molecule has 0 saturated heterocycles. The molecule has 1 aromatic heterocycles. The number of fused-ring (bicyclic) bond motifs is 1. The van der Waals surface area contributed by atoms with Gasteiger partial charge >= 0.3 is 0 Å². The van der Waals surface area contributed by atoms with Crippen LogP contribution in [-0.2, 0) is 0 Å². The standard InChI is InChI=1S/C17H10FN3O2/c18-11-7-5-10(6-8-11)15(22)13(9-19)16-20-14-4-2-1-3-12(14)17(23)21-16/h1-8,13H,(H,20,21,23). The lowest BCUT2D eigenvalue weighted by Gasteiger charge is -2.08. The third-order valence-electron chi connectivity index (χ3n) is 3.42. The molecule has 5 nitrogen and oxygen atoms in total. The van der Waals surface area contributed by atoms with Crippen molar-refractivity contribution in [2.24, 2.45) is 0 Å². The van der Waals surface area contributed by atoms with Crippen LogP contribution in [0.4, 0.5) is 4.39 Å². The third-order valence-corrected chi connectivity index (χ3v) is 3.42. The Bertz CT molecular complexity index is 987. The van der Waals surface area contributed by atoms with E-state index in [1.54, 1.807) is 24.3 Å². The highest BCUT2D eigenvalue weighted by Gasteiger charge is 2.24. The van der Waals surface area contributed by atoms with E-state index in [0.29, 0.717) is 10.9 Å². The van der Waals surface area contributed by atoms with Crippen molar-refractivity contribution in [3.63, 3.8) is 0 Å². The number of nitrogens with zero attached hydrogens (tertiary/aromatic N) is 2. The van der Waals surface area contributed by atoms with Crippen LogP contribution in [0, 0.1) is 17.1 Å². The number of aromatic nitrogens is 2. The van der Waals surface area contributed by atoms with Gasteiger partial charge < -0.3 is 4.98 Å². The van der Waals surface area contributed by atoms with Gasteiger partial charge in [-0.2, -0.15) is 5.26 Å². The normalized spacial score (nSPS) is 11.8. The van der Waals surface area contributed by atoms with Crippen LogP contribution >= 0.6 is 0 Å². The highest BCUT2D eigenvalue weighted by Crippen LogP contribution is 2.18. The van der Waals surface area contributed by atoms with Crippen LogP contribution < -0.4 is 5.56 Å². The van der Waals surface area contributed by atoms with Gasteiger partial charge in [0.15, 0.2) is 11.7 Å². The van der Waals surface area contributed by atoms with Crippen molar-refractivity contribution in [2.45, 2.75) is 5.92 Å². The van der Waals surface area contributed by atoms with E-state index in [1.165, 1.54) is 12.1 Å². The van der Waals surface area contributed by atoms with Crippen molar-refractivity contribution in [2.75, 3.05) is 0 Å². The molecule has 2 aromatic carbocycles. The number of halogens is 1. The summed E-state index contributed by atoms with van der Waals surface area (Å²) in [7, 11) is 0. The number of para-hydroxylation sites is 1. The number of hydrogen-bond donors (Lipinski definition) is 1. The molecule has 0 aliphatic heterocycles. The van der Waals surface area contributed by atoms with Crippen LogP contribution in [0.25, 0.3) is 10.9 Å². The minimum Gasteiger partial charge on any atom is -0.308 e. The first-order chi connectivity index (χ1) is 11.1. The van der Waals surface area contributed by atoms with Crippen LogP contribution in [0.5, 0.6) is 0 Å². The second kappa shape index (κ2) is 5.81. The van der Waals surface area contributed by atoms with E-state index in [9.17, 15) is 19.2 Å². The third kappa shape index (κ3) is 2.72. The fourth-order valence-corrected chi connectivity index (χ4v) is 2.27. The zero-order chi connectivity index (χ0) is 16.4. The molecule has 0 aliphatic carbocycles. The lowest BCUT2D eigenvalue weighted by atomic mass is 9.98. The molecule has 0 fully saturated rings. The maximum absolute atomic E-state index is 12.9. The van der Waals surface area contributed by atoms with Gasteiger partial charge in [-0.1, -0.05) is 12.1 Å². The van der Waals surface area contributed by atoms with E-state index in [2.05, 4.69) is 9.97 Å². The molecule has 23 heavy (non-hydrogen) atoms. The molecule has 1 heterocycles. The highest BCUT2D eigenvalue weighted by atomic mass is 19.1. The molecule has 0 saturated carbocycles. The summed E-state index contributed by atoms with van der Waals surface area (Å²) in [6.45, 7) is 0. The second-order valence-electron chi connectivity index (χ2n) is 4.90. The van der Waals surface area contributed by atoms with Crippen molar-refractivity contribution in [1.29, 1.82) is 5.26 Å². The molecule has 0 radical (unpaired) electrons. The van der Waals surface area contributed by atoms with E-state index in [0.717, 1.165) is 12.1 Å². The molecule has 0 bridgehead atoms. The van der Waals surface area contributed by atoms with E-state index < -0.39 is 23.1 Å². The molecule has 1 N–H and O–H groups in total. The number of benzene rings is 2. The lowest BCUT2D eigenvalue weighted by molar-refractivity contribution is 0.0976. The van der Waals surface area contributed by atoms with Crippen LogP contribution in [0.15, 0.2) is 53.3 Å². The Morgan fingerprint density at radius 3 is 2.57 bits per heavy atom. The number of ketones is 1. The molecule has 3 aromatic rings. The number of nitriles is 1. The summed E-state index contributed by atoms with van der Waals surface area (Å²) in [5.74, 6) is -2.32. The largest absolute Gasteiger partial charge is 0.308 e. The van der Waals surface area contributed by atoms with E-state index >= 15 is 0 Å². The van der Waals surface area contributed by atoms with Gasteiger partial charge in [0.1, 0.15) is 11.6 Å². The van der Waals surface area contributed by atoms with Crippen molar-refractivity contribution in [3.05, 3.63) is 76.1 Å². The van der Waals surface area contributed by atoms with Gasteiger partial charge in [0.2, 0.25) is 0 Å². The number of rotatable bonds is 3. The fraction of sp³-hybridized carbons (Fsp3) is 0.0588. The first-order valence-corrected chi connectivity index (χ1v) is 6.78. The summed E-state index contributed by atoms with van der Waals surface area (Å²) in [5.41, 5.74) is 0.157. The molecule has 1 unspecified atom stereocenters. The zero-order valence-corrected chi connectivity index (χ0v) is 11.8. The maximum Gasteiger partial charge on any atom is 0.258 e. The van der Waals surface area contributed by atoms with Gasteiger partial charge in [-0.25, -0.2) is 9.37 Å². The predicted octanol–water partition coefficient (Wildman–Crippen LogP) is 2.55. The van der Waals surface area contributed by atoms with Crippen LogP contribution in [0.3, 0.4) is 0 Å². The second-order valence-corrected chi connectivity index (χ2v) is 4.90. The van der Waals surface area contributed by atoms with Gasteiger partial charge in [-0.05, 0) is 36.4 Å². The first-order valence-electron chi connectivity index (χ1n) is 6.78. The lowest BCUT2D eigenvalue weighted by Crippen LogP contribution is -2.19. The summed E-state index contributed by atoms with van der Waals surface area (Å²) in [6.07, 6.45) is 0.